The van der Waals surface area contributed by atoms with Crippen molar-refractivity contribution in [1.29, 1.82) is 0 Å². The van der Waals surface area contributed by atoms with Crippen LogP contribution in [0.4, 0.5) is 0 Å². The maximum Gasteiger partial charge on any atom is 0.0858 e. The second-order valence-corrected chi connectivity index (χ2v) is 5.06. The summed E-state index contributed by atoms with van der Waals surface area (Å²) >= 11 is 0. The van der Waals surface area contributed by atoms with E-state index < -0.39 is 0 Å². The molecule has 2 aromatic rings. The van der Waals surface area contributed by atoms with E-state index in [4.69, 9.17) is 4.74 Å². The molecule has 0 aliphatic carbocycles. The lowest BCUT2D eigenvalue weighted by Crippen LogP contribution is -2.16. The molecule has 96 valence electrons. The number of ether oxygens (including phenoxy) is 1. The minimum absolute atomic E-state index is 0.227. The van der Waals surface area contributed by atoms with Crippen molar-refractivity contribution in [2.75, 3.05) is 19.7 Å². The first-order valence-electron chi connectivity index (χ1n) is 6.64. The molecule has 0 saturated carbocycles. The number of hydrogen-bond donors (Lipinski definition) is 1. The Morgan fingerprint density at radius 1 is 1.33 bits per heavy atom. The lowest BCUT2D eigenvalue weighted by molar-refractivity contribution is 0.0653. The lowest BCUT2D eigenvalue weighted by atomic mass is 10.0. The standard InChI is InChI=1S/C15H20N2O/c1-11-4-3-5-12-13(10-17(2)15(11)12)14-6-7-16-8-9-18-14/h3-5,10,14,16H,6-9H2,1-2H3. The van der Waals surface area contributed by atoms with Crippen LogP contribution in [0.15, 0.2) is 24.4 Å². The van der Waals surface area contributed by atoms with Gasteiger partial charge in [0.05, 0.1) is 18.2 Å². The molecule has 3 rings (SSSR count). The monoisotopic (exact) mass is 244 g/mol. The average molecular weight is 244 g/mol. The second-order valence-electron chi connectivity index (χ2n) is 5.06. The van der Waals surface area contributed by atoms with Crippen LogP contribution in [-0.2, 0) is 11.8 Å². The highest BCUT2D eigenvalue weighted by Gasteiger charge is 2.19. The molecule has 1 aliphatic heterocycles. The number of rotatable bonds is 1. The van der Waals surface area contributed by atoms with E-state index in [1.807, 2.05) is 0 Å². The van der Waals surface area contributed by atoms with Crippen LogP contribution >= 0.6 is 0 Å². The molecule has 1 aliphatic rings. The van der Waals surface area contributed by atoms with Gasteiger partial charge in [0.1, 0.15) is 0 Å². The zero-order valence-electron chi connectivity index (χ0n) is 11.1. The summed E-state index contributed by atoms with van der Waals surface area (Å²) in [6.45, 7) is 4.96. The predicted octanol–water partition coefficient (Wildman–Crippen LogP) is 2.54. The van der Waals surface area contributed by atoms with Gasteiger partial charge in [0.25, 0.3) is 0 Å². The van der Waals surface area contributed by atoms with Gasteiger partial charge < -0.3 is 14.6 Å². The van der Waals surface area contributed by atoms with E-state index in [9.17, 15) is 0 Å². The highest BCUT2D eigenvalue weighted by molar-refractivity contribution is 5.87. The fraction of sp³-hybridized carbons (Fsp3) is 0.467. The Balaban J connectivity index is 2.08. The van der Waals surface area contributed by atoms with Gasteiger partial charge in [-0.2, -0.15) is 0 Å². The fourth-order valence-corrected chi connectivity index (χ4v) is 2.92. The van der Waals surface area contributed by atoms with Crippen LogP contribution in [0.25, 0.3) is 10.9 Å². The highest BCUT2D eigenvalue weighted by Crippen LogP contribution is 2.32. The summed E-state index contributed by atoms with van der Waals surface area (Å²) in [5.74, 6) is 0. The van der Waals surface area contributed by atoms with Crippen LogP contribution in [0.3, 0.4) is 0 Å². The normalized spacial score (nSPS) is 21.1. The quantitative estimate of drug-likeness (QED) is 0.834. The van der Waals surface area contributed by atoms with Crippen LogP contribution in [0.2, 0.25) is 0 Å². The molecular weight excluding hydrogens is 224 g/mol. The Hall–Kier alpha value is -1.32. The van der Waals surface area contributed by atoms with E-state index in [1.165, 1.54) is 22.0 Å². The lowest BCUT2D eigenvalue weighted by Gasteiger charge is -2.13. The van der Waals surface area contributed by atoms with Gasteiger partial charge in [0.15, 0.2) is 0 Å². The molecule has 0 amide bonds. The third kappa shape index (κ3) is 1.93. The SMILES string of the molecule is Cc1cccc2c(C3CCNCCO3)cn(C)c12. The summed E-state index contributed by atoms with van der Waals surface area (Å²) in [7, 11) is 2.12. The van der Waals surface area contributed by atoms with E-state index in [1.54, 1.807) is 0 Å². The van der Waals surface area contributed by atoms with Crippen LogP contribution in [0.1, 0.15) is 23.7 Å². The van der Waals surface area contributed by atoms with Crippen LogP contribution in [0, 0.1) is 6.92 Å². The van der Waals surface area contributed by atoms with Gasteiger partial charge in [-0.25, -0.2) is 0 Å². The molecule has 1 unspecified atom stereocenters. The maximum absolute atomic E-state index is 5.97. The molecule has 3 nitrogen and oxygen atoms in total. The van der Waals surface area contributed by atoms with Gasteiger partial charge >= 0.3 is 0 Å². The Kier molecular flexibility index (Phi) is 3.10. The molecule has 0 bridgehead atoms. The summed E-state index contributed by atoms with van der Waals surface area (Å²) in [6.07, 6.45) is 3.51. The zero-order chi connectivity index (χ0) is 12.5. The van der Waals surface area contributed by atoms with Crippen molar-refractivity contribution in [3.63, 3.8) is 0 Å². The second kappa shape index (κ2) is 4.75. The summed E-state index contributed by atoms with van der Waals surface area (Å²) in [6, 6.07) is 6.51. The summed E-state index contributed by atoms with van der Waals surface area (Å²) in [5, 5.41) is 4.72. The van der Waals surface area contributed by atoms with Crippen molar-refractivity contribution >= 4 is 10.9 Å². The van der Waals surface area contributed by atoms with Crippen molar-refractivity contribution in [2.24, 2.45) is 7.05 Å². The number of para-hydroxylation sites is 1. The largest absolute Gasteiger partial charge is 0.372 e. The van der Waals surface area contributed by atoms with Gasteiger partial charge in [0, 0.05) is 30.7 Å². The first-order chi connectivity index (χ1) is 8.77. The van der Waals surface area contributed by atoms with Crippen molar-refractivity contribution in [3.8, 4) is 0 Å². The molecule has 0 spiro atoms. The Morgan fingerprint density at radius 3 is 3.11 bits per heavy atom. The van der Waals surface area contributed by atoms with E-state index in [0.717, 1.165) is 26.1 Å². The summed E-state index contributed by atoms with van der Waals surface area (Å²) in [4.78, 5) is 0. The van der Waals surface area contributed by atoms with Crippen LogP contribution in [-0.4, -0.2) is 24.3 Å². The Bertz CT molecular complexity index is 551. The number of nitrogens with zero attached hydrogens (tertiary/aromatic N) is 1. The van der Waals surface area contributed by atoms with Gasteiger partial charge in [-0.15, -0.1) is 0 Å². The van der Waals surface area contributed by atoms with Crippen molar-refractivity contribution in [1.82, 2.24) is 9.88 Å². The third-order valence-electron chi connectivity index (χ3n) is 3.76. The molecule has 1 N–H and O–H groups in total. The molecule has 1 aromatic carbocycles. The first-order valence-corrected chi connectivity index (χ1v) is 6.64. The molecular formula is C15H20N2O. The number of fused-ring (bicyclic) bond motifs is 1. The number of nitrogens with one attached hydrogen (secondary N) is 1. The summed E-state index contributed by atoms with van der Waals surface area (Å²) < 4.78 is 8.20. The van der Waals surface area contributed by atoms with Crippen molar-refractivity contribution in [2.45, 2.75) is 19.4 Å². The van der Waals surface area contributed by atoms with E-state index >= 15 is 0 Å². The number of benzene rings is 1. The molecule has 1 aromatic heterocycles. The smallest absolute Gasteiger partial charge is 0.0858 e. The first kappa shape index (κ1) is 11.8. The summed E-state index contributed by atoms with van der Waals surface area (Å²) in [5.41, 5.74) is 3.99. The van der Waals surface area contributed by atoms with E-state index in [0.29, 0.717) is 0 Å². The number of aryl methyl sites for hydroxylation is 2. The zero-order valence-corrected chi connectivity index (χ0v) is 11.1. The Morgan fingerprint density at radius 2 is 2.22 bits per heavy atom. The third-order valence-corrected chi connectivity index (χ3v) is 3.76. The van der Waals surface area contributed by atoms with Crippen LogP contribution in [0.5, 0.6) is 0 Å². The van der Waals surface area contributed by atoms with Crippen LogP contribution < -0.4 is 5.32 Å². The van der Waals surface area contributed by atoms with E-state index in [-0.39, 0.29) is 6.10 Å². The molecule has 1 saturated heterocycles. The fourth-order valence-electron chi connectivity index (χ4n) is 2.92. The molecule has 1 fully saturated rings. The van der Waals surface area contributed by atoms with Gasteiger partial charge in [-0.3, -0.25) is 0 Å². The maximum atomic E-state index is 5.97. The predicted molar refractivity (Wildman–Crippen MR) is 73.8 cm³/mol. The Labute approximate surface area is 108 Å². The molecule has 2 heterocycles. The molecule has 3 heteroatoms. The minimum Gasteiger partial charge on any atom is -0.372 e. The topological polar surface area (TPSA) is 26.2 Å². The average Bonchev–Trinajstić information content (AvgIpc) is 2.56. The van der Waals surface area contributed by atoms with Gasteiger partial charge in [-0.1, -0.05) is 18.2 Å². The molecule has 1 atom stereocenters. The highest BCUT2D eigenvalue weighted by atomic mass is 16.5. The molecule has 0 radical (unpaired) electrons. The molecule has 18 heavy (non-hydrogen) atoms. The number of aromatic nitrogens is 1. The van der Waals surface area contributed by atoms with Gasteiger partial charge in [-0.05, 0) is 25.5 Å². The minimum atomic E-state index is 0.227. The van der Waals surface area contributed by atoms with E-state index in [2.05, 4.69) is 48.3 Å². The van der Waals surface area contributed by atoms with Crippen molar-refractivity contribution < 1.29 is 4.74 Å². The van der Waals surface area contributed by atoms with Gasteiger partial charge in [0.2, 0.25) is 0 Å². The number of hydrogen-bond acceptors (Lipinski definition) is 2. The van der Waals surface area contributed by atoms with Crippen molar-refractivity contribution in [3.05, 3.63) is 35.5 Å².